The van der Waals surface area contributed by atoms with Crippen molar-refractivity contribution in [3.8, 4) is 0 Å². The van der Waals surface area contributed by atoms with Gasteiger partial charge in [0.1, 0.15) is 6.04 Å². The summed E-state index contributed by atoms with van der Waals surface area (Å²) in [7, 11) is 0. The molecule has 0 spiro atoms. The number of aliphatic carboxylic acids is 1. The van der Waals surface area contributed by atoms with Gasteiger partial charge < -0.3 is 16.2 Å². The molecule has 1 aromatic heterocycles. The highest BCUT2D eigenvalue weighted by Crippen LogP contribution is 2.23. The lowest BCUT2D eigenvalue weighted by Crippen LogP contribution is -2.43. The fourth-order valence-corrected chi connectivity index (χ4v) is 3.78. The second-order valence-electron chi connectivity index (χ2n) is 6.98. The smallest absolute Gasteiger partial charge is 0.320 e. The number of nitrogens with one attached hydrogen (secondary N) is 1. The molecule has 0 saturated heterocycles. The topological polar surface area (TPSA) is 88.2 Å². The number of carboxylic acids is 1. The van der Waals surface area contributed by atoms with E-state index in [0.717, 1.165) is 19.3 Å². The van der Waals surface area contributed by atoms with E-state index >= 15 is 0 Å². The van der Waals surface area contributed by atoms with Crippen LogP contribution in [0, 0.1) is 0 Å². The Hall–Kier alpha value is -1.92. The van der Waals surface area contributed by atoms with Crippen molar-refractivity contribution in [1.82, 2.24) is 10.3 Å². The predicted molar refractivity (Wildman–Crippen MR) is 108 cm³/mol. The van der Waals surface area contributed by atoms with Crippen LogP contribution >= 0.6 is 11.3 Å². The average Bonchev–Trinajstić information content (AvgIpc) is 3.20. The number of benzene rings is 1. The van der Waals surface area contributed by atoms with Gasteiger partial charge in [0.05, 0.1) is 0 Å². The fourth-order valence-electron chi connectivity index (χ4n) is 3.10. The first kappa shape index (κ1) is 20.4. The molecule has 5 nitrogen and oxygen atoms in total. The summed E-state index contributed by atoms with van der Waals surface area (Å²) in [4.78, 5) is 16.3. The number of nitrogens with two attached hydrogens (primary N) is 1. The van der Waals surface area contributed by atoms with Crippen LogP contribution in [0.5, 0.6) is 0 Å². The minimum atomic E-state index is -0.734. The van der Waals surface area contributed by atoms with Gasteiger partial charge in [-0.15, -0.1) is 11.3 Å². The van der Waals surface area contributed by atoms with Crippen LogP contribution in [0.25, 0.3) is 0 Å². The van der Waals surface area contributed by atoms with Crippen molar-refractivity contribution in [2.45, 2.75) is 64.5 Å². The van der Waals surface area contributed by atoms with Crippen LogP contribution < -0.4 is 11.1 Å². The molecule has 142 valence electrons. The largest absolute Gasteiger partial charge is 0.480 e. The molecular formula is C20H29N3O2S. The van der Waals surface area contributed by atoms with E-state index in [4.69, 9.17) is 10.8 Å². The first-order valence-electron chi connectivity index (χ1n) is 9.17. The molecule has 6 heteroatoms. The van der Waals surface area contributed by atoms with Crippen LogP contribution in [0.15, 0.2) is 30.5 Å². The number of fused-ring (bicyclic) bond motifs is 1. The van der Waals surface area contributed by atoms with Crippen molar-refractivity contribution in [2.24, 2.45) is 0 Å². The summed E-state index contributed by atoms with van der Waals surface area (Å²) >= 11 is 1.56. The third-order valence-corrected chi connectivity index (χ3v) is 5.60. The Bertz CT molecular complexity index is 690. The Morgan fingerprint density at radius 3 is 2.35 bits per heavy atom. The minimum absolute atomic E-state index is 0.278. The number of carbonyl (C=O) groups is 1. The second-order valence-corrected chi connectivity index (χ2v) is 8.07. The van der Waals surface area contributed by atoms with E-state index in [0.29, 0.717) is 17.5 Å². The predicted octanol–water partition coefficient (Wildman–Crippen LogP) is 3.85. The van der Waals surface area contributed by atoms with Gasteiger partial charge in [0.15, 0.2) is 5.13 Å². The lowest BCUT2D eigenvalue weighted by atomic mass is 10.1. The summed E-state index contributed by atoms with van der Waals surface area (Å²) < 4.78 is 0. The molecule has 3 rings (SSSR count). The van der Waals surface area contributed by atoms with Crippen molar-refractivity contribution in [3.63, 3.8) is 0 Å². The van der Waals surface area contributed by atoms with Crippen molar-refractivity contribution in [2.75, 3.05) is 5.73 Å². The number of anilines is 1. The van der Waals surface area contributed by atoms with Crippen LogP contribution in [0.2, 0.25) is 0 Å². The van der Waals surface area contributed by atoms with Crippen LogP contribution in [-0.2, 0) is 17.6 Å². The summed E-state index contributed by atoms with van der Waals surface area (Å²) in [6, 6.07) is 8.22. The monoisotopic (exact) mass is 375 g/mol. The maximum absolute atomic E-state index is 11.1. The molecule has 0 radical (unpaired) electrons. The van der Waals surface area contributed by atoms with E-state index in [1.165, 1.54) is 16.0 Å². The van der Waals surface area contributed by atoms with E-state index in [1.54, 1.807) is 11.3 Å². The molecule has 0 fully saturated rings. The normalized spacial score (nSPS) is 14.6. The van der Waals surface area contributed by atoms with Gasteiger partial charge >= 0.3 is 5.97 Å². The summed E-state index contributed by atoms with van der Waals surface area (Å²) in [5.74, 6) is -0.178. The molecule has 4 N–H and O–H groups in total. The third-order valence-electron chi connectivity index (χ3n) is 4.47. The highest BCUT2D eigenvalue weighted by Gasteiger charge is 2.25. The first-order valence-corrected chi connectivity index (χ1v) is 9.99. The molecule has 1 heterocycles. The number of nitrogens with zero attached hydrogens (tertiary/aromatic N) is 1. The van der Waals surface area contributed by atoms with E-state index in [-0.39, 0.29) is 6.04 Å². The van der Waals surface area contributed by atoms with Crippen LogP contribution in [0.3, 0.4) is 0 Å². The molecule has 1 aliphatic carbocycles. The summed E-state index contributed by atoms with van der Waals surface area (Å²) in [6.45, 7) is 6.28. The SMILES string of the molecule is CC(C)c1cnc(N)s1.CCC[C@H](NC1Cc2ccccc2C1)C(=O)O. The van der Waals surface area contributed by atoms with Gasteiger partial charge in [0.25, 0.3) is 0 Å². The van der Waals surface area contributed by atoms with Gasteiger partial charge in [-0.25, -0.2) is 4.98 Å². The lowest BCUT2D eigenvalue weighted by molar-refractivity contribution is -0.139. The fraction of sp³-hybridized carbons (Fsp3) is 0.500. The number of hydrogen-bond acceptors (Lipinski definition) is 5. The van der Waals surface area contributed by atoms with Crippen LogP contribution in [0.4, 0.5) is 5.13 Å². The highest BCUT2D eigenvalue weighted by molar-refractivity contribution is 7.15. The van der Waals surface area contributed by atoms with Crippen LogP contribution in [-0.4, -0.2) is 28.1 Å². The molecular weight excluding hydrogens is 346 g/mol. The number of rotatable bonds is 6. The molecule has 1 aliphatic rings. The molecule has 0 saturated carbocycles. The number of carboxylic acid groups (broad SMARTS) is 1. The van der Waals surface area contributed by atoms with Gasteiger partial charge in [-0.3, -0.25) is 4.79 Å². The van der Waals surface area contributed by atoms with Crippen LogP contribution in [0.1, 0.15) is 55.5 Å². The van der Waals surface area contributed by atoms with Crippen molar-refractivity contribution < 1.29 is 9.90 Å². The van der Waals surface area contributed by atoms with Crippen molar-refractivity contribution in [3.05, 3.63) is 46.5 Å². The summed E-state index contributed by atoms with van der Waals surface area (Å²) in [6.07, 6.45) is 5.32. The number of thiazole rings is 1. The lowest BCUT2D eigenvalue weighted by Gasteiger charge is -2.18. The van der Waals surface area contributed by atoms with Gasteiger partial charge in [-0.05, 0) is 36.3 Å². The molecule has 0 unspecified atom stereocenters. The van der Waals surface area contributed by atoms with E-state index < -0.39 is 12.0 Å². The molecule has 26 heavy (non-hydrogen) atoms. The zero-order valence-corrected chi connectivity index (χ0v) is 16.6. The van der Waals surface area contributed by atoms with Crippen molar-refractivity contribution >= 4 is 22.4 Å². The Morgan fingerprint density at radius 2 is 1.96 bits per heavy atom. The van der Waals surface area contributed by atoms with E-state index in [2.05, 4.69) is 36.3 Å². The maximum atomic E-state index is 11.1. The number of hydrogen-bond donors (Lipinski definition) is 3. The molecule has 0 aliphatic heterocycles. The summed E-state index contributed by atoms with van der Waals surface area (Å²) in [5.41, 5.74) is 8.13. The molecule has 0 amide bonds. The standard InChI is InChI=1S/C14H19NO2.C6H10N2S/c1-2-5-13(14(16)17)15-12-8-10-6-3-4-7-11(10)9-12;1-4(2)5-3-8-6(7)9-5/h3-4,6-7,12-13,15H,2,5,8-9H2,1H3,(H,16,17);3-4H,1-2H3,(H2,7,8)/t13-;/m0./s1. The Balaban J connectivity index is 0.000000228. The Morgan fingerprint density at radius 1 is 1.35 bits per heavy atom. The number of nitrogen functional groups attached to an aromatic ring is 1. The molecule has 1 aromatic carbocycles. The Labute approximate surface area is 159 Å². The molecule has 2 aromatic rings. The Kier molecular flexibility index (Phi) is 7.60. The van der Waals surface area contributed by atoms with E-state index in [9.17, 15) is 4.79 Å². The molecule has 0 bridgehead atoms. The zero-order chi connectivity index (χ0) is 19.1. The quantitative estimate of drug-likeness (QED) is 0.714. The average molecular weight is 376 g/mol. The van der Waals surface area contributed by atoms with Crippen molar-refractivity contribution in [1.29, 1.82) is 0 Å². The third kappa shape index (κ3) is 5.81. The van der Waals surface area contributed by atoms with E-state index in [1.807, 2.05) is 25.3 Å². The highest BCUT2D eigenvalue weighted by atomic mass is 32.1. The summed E-state index contributed by atoms with van der Waals surface area (Å²) in [5, 5.41) is 13.0. The molecule has 1 atom stereocenters. The van der Waals surface area contributed by atoms with Gasteiger partial charge in [-0.1, -0.05) is 51.5 Å². The zero-order valence-electron chi connectivity index (χ0n) is 15.7. The minimum Gasteiger partial charge on any atom is -0.480 e. The first-order chi connectivity index (χ1) is 12.4. The van der Waals surface area contributed by atoms with Gasteiger partial charge in [0.2, 0.25) is 0 Å². The number of aromatic nitrogens is 1. The van der Waals surface area contributed by atoms with Gasteiger partial charge in [-0.2, -0.15) is 0 Å². The maximum Gasteiger partial charge on any atom is 0.320 e. The second kappa shape index (κ2) is 9.69. The van der Waals surface area contributed by atoms with Gasteiger partial charge in [0, 0.05) is 17.1 Å².